The summed E-state index contributed by atoms with van der Waals surface area (Å²) in [7, 11) is 0. The number of hydrogen-bond acceptors (Lipinski definition) is 3. The largest absolute Gasteiger partial charge is 0.396 e. The van der Waals surface area contributed by atoms with Crippen molar-refractivity contribution in [3.05, 3.63) is 11.9 Å². The second-order valence-electron chi connectivity index (χ2n) is 2.76. The normalized spacial score (nSPS) is 10.9. The van der Waals surface area contributed by atoms with Gasteiger partial charge in [0.05, 0.1) is 5.69 Å². The molecule has 0 fully saturated rings. The molecule has 0 saturated carbocycles. The lowest BCUT2D eigenvalue weighted by Crippen LogP contribution is -2.00. The zero-order valence-corrected chi connectivity index (χ0v) is 6.86. The van der Waals surface area contributed by atoms with Gasteiger partial charge in [-0.2, -0.15) is 0 Å². The van der Waals surface area contributed by atoms with Gasteiger partial charge in [0, 0.05) is 25.3 Å². The zero-order valence-electron chi connectivity index (χ0n) is 6.86. The fourth-order valence-electron chi connectivity index (χ4n) is 0.795. The predicted octanol–water partition coefficient (Wildman–Crippen LogP) is 0.394. The van der Waals surface area contributed by atoms with E-state index >= 15 is 0 Å². The molecular formula is C7H13N3O. The Bertz CT molecular complexity index is 219. The van der Waals surface area contributed by atoms with Crippen LogP contribution in [0.3, 0.4) is 0 Å². The van der Waals surface area contributed by atoms with Gasteiger partial charge in [-0.3, -0.25) is 0 Å². The van der Waals surface area contributed by atoms with Gasteiger partial charge in [-0.05, 0) is 13.8 Å². The second-order valence-corrected chi connectivity index (χ2v) is 2.76. The molecule has 1 N–H and O–H groups in total. The summed E-state index contributed by atoms with van der Waals surface area (Å²) in [6, 6.07) is 0.343. The van der Waals surface area contributed by atoms with Crippen LogP contribution in [-0.2, 0) is 6.42 Å². The molecule has 0 radical (unpaired) electrons. The molecule has 1 aromatic heterocycles. The summed E-state index contributed by atoms with van der Waals surface area (Å²) < 4.78 is 1.78. The van der Waals surface area contributed by atoms with Gasteiger partial charge in [0.25, 0.3) is 0 Å². The van der Waals surface area contributed by atoms with Crippen LogP contribution in [0.5, 0.6) is 0 Å². The van der Waals surface area contributed by atoms with Crippen molar-refractivity contribution in [1.29, 1.82) is 0 Å². The molecule has 0 aliphatic rings. The third-order valence-corrected chi connectivity index (χ3v) is 1.45. The Balaban J connectivity index is 2.66. The van der Waals surface area contributed by atoms with Gasteiger partial charge in [-0.15, -0.1) is 5.10 Å². The van der Waals surface area contributed by atoms with Crippen LogP contribution in [-0.4, -0.2) is 26.7 Å². The Kier molecular flexibility index (Phi) is 2.59. The summed E-state index contributed by atoms with van der Waals surface area (Å²) in [6.45, 7) is 4.21. The van der Waals surface area contributed by atoms with Crippen molar-refractivity contribution < 1.29 is 5.11 Å². The van der Waals surface area contributed by atoms with Gasteiger partial charge in [0.15, 0.2) is 0 Å². The van der Waals surface area contributed by atoms with E-state index in [1.807, 2.05) is 20.0 Å². The van der Waals surface area contributed by atoms with E-state index in [0.29, 0.717) is 12.5 Å². The van der Waals surface area contributed by atoms with E-state index in [0.717, 1.165) is 5.69 Å². The summed E-state index contributed by atoms with van der Waals surface area (Å²) >= 11 is 0. The molecule has 0 atom stereocenters. The molecule has 11 heavy (non-hydrogen) atoms. The van der Waals surface area contributed by atoms with E-state index in [1.54, 1.807) is 4.68 Å². The number of nitrogens with zero attached hydrogens (tertiary/aromatic N) is 3. The van der Waals surface area contributed by atoms with E-state index in [-0.39, 0.29) is 6.61 Å². The number of aliphatic hydroxyl groups excluding tert-OH is 1. The van der Waals surface area contributed by atoms with Gasteiger partial charge in [-0.25, -0.2) is 4.68 Å². The fraction of sp³-hybridized carbons (Fsp3) is 0.714. The number of aromatic nitrogens is 3. The number of rotatable bonds is 3. The Morgan fingerprint density at radius 2 is 2.36 bits per heavy atom. The monoisotopic (exact) mass is 155 g/mol. The van der Waals surface area contributed by atoms with E-state index in [1.165, 1.54) is 0 Å². The predicted molar refractivity (Wildman–Crippen MR) is 41.2 cm³/mol. The highest BCUT2D eigenvalue weighted by Gasteiger charge is 2.01. The molecule has 4 heteroatoms. The third-order valence-electron chi connectivity index (χ3n) is 1.45. The van der Waals surface area contributed by atoms with Gasteiger partial charge < -0.3 is 5.11 Å². The van der Waals surface area contributed by atoms with Gasteiger partial charge >= 0.3 is 0 Å². The van der Waals surface area contributed by atoms with E-state index < -0.39 is 0 Å². The minimum absolute atomic E-state index is 0.136. The van der Waals surface area contributed by atoms with Crippen molar-refractivity contribution in [1.82, 2.24) is 15.0 Å². The van der Waals surface area contributed by atoms with Crippen molar-refractivity contribution in [3.8, 4) is 0 Å². The Hall–Kier alpha value is -0.900. The van der Waals surface area contributed by atoms with Crippen LogP contribution in [0.15, 0.2) is 6.20 Å². The Morgan fingerprint density at radius 1 is 1.64 bits per heavy atom. The van der Waals surface area contributed by atoms with Crippen LogP contribution in [0, 0.1) is 0 Å². The number of aliphatic hydroxyl groups is 1. The second kappa shape index (κ2) is 3.48. The van der Waals surface area contributed by atoms with Crippen LogP contribution in [0.1, 0.15) is 25.6 Å². The average Bonchev–Trinajstić information content (AvgIpc) is 2.37. The minimum atomic E-state index is 0.136. The minimum Gasteiger partial charge on any atom is -0.396 e. The molecule has 4 nitrogen and oxygen atoms in total. The lowest BCUT2D eigenvalue weighted by Gasteiger charge is -2.00. The molecule has 1 rings (SSSR count). The van der Waals surface area contributed by atoms with Crippen LogP contribution >= 0.6 is 0 Å². The summed E-state index contributed by atoms with van der Waals surface area (Å²) in [5.41, 5.74) is 0.848. The number of hydrogen-bond donors (Lipinski definition) is 1. The van der Waals surface area contributed by atoms with Crippen LogP contribution in [0.25, 0.3) is 0 Å². The van der Waals surface area contributed by atoms with Crippen molar-refractivity contribution >= 4 is 0 Å². The van der Waals surface area contributed by atoms with Crippen molar-refractivity contribution in [2.75, 3.05) is 6.61 Å². The summed E-state index contributed by atoms with van der Waals surface area (Å²) in [5.74, 6) is 0. The molecule has 0 unspecified atom stereocenters. The quantitative estimate of drug-likeness (QED) is 0.687. The van der Waals surface area contributed by atoms with Gasteiger partial charge in [0.1, 0.15) is 0 Å². The van der Waals surface area contributed by atoms with Crippen LogP contribution in [0.4, 0.5) is 0 Å². The summed E-state index contributed by atoms with van der Waals surface area (Å²) in [5, 5.41) is 16.4. The first-order valence-corrected chi connectivity index (χ1v) is 3.75. The van der Waals surface area contributed by atoms with Gasteiger partial charge in [0.2, 0.25) is 0 Å². The highest BCUT2D eigenvalue weighted by molar-refractivity contribution is 4.92. The van der Waals surface area contributed by atoms with Crippen molar-refractivity contribution in [3.63, 3.8) is 0 Å². The first kappa shape index (κ1) is 8.20. The molecule has 62 valence electrons. The molecule has 0 aromatic carbocycles. The molecule has 1 aromatic rings. The van der Waals surface area contributed by atoms with Crippen molar-refractivity contribution in [2.24, 2.45) is 0 Å². The van der Waals surface area contributed by atoms with Crippen LogP contribution in [0.2, 0.25) is 0 Å². The lowest BCUT2D eigenvalue weighted by molar-refractivity contribution is 0.298. The molecule has 0 aliphatic heterocycles. The zero-order chi connectivity index (χ0) is 8.27. The summed E-state index contributed by atoms with van der Waals surface area (Å²) in [4.78, 5) is 0. The standard InChI is InChI=1S/C7H13N3O/c1-6(2)10-5-7(3-4-11)8-9-10/h5-6,11H,3-4H2,1-2H3. The average molecular weight is 155 g/mol. The molecule has 0 bridgehead atoms. The van der Waals surface area contributed by atoms with Gasteiger partial charge in [-0.1, -0.05) is 5.21 Å². The first-order valence-electron chi connectivity index (χ1n) is 3.75. The molecule has 0 aliphatic carbocycles. The van der Waals surface area contributed by atoms with E-state index in [4.69, 9.17) is 5.11 Å². The Morgan fingerprint density at radius 3 is 2.82 bits per heavy atom. The lowest BCUT2D eigenvalue weighted by atomic mass is 10.3. The molecule has 0 spiro atoms. The highest BCUT2D eigenvalue weighted by atomic mass is 16.3. The molecule has 1 heterocycles. The topological polar surface area (TPSA) is 50.9 Å². The smallest absolute Gasteiger partial charge is 0.0850 e. The maximum absolute atomic E-state index is 8.59. The van der Waals surface area contributed by atoms with E-state index in [9.17, 15) is 0 Å². The highest BCUT2D eigenvalue weighted by Crippen LogP contribution is 2.02. The maximum Gasteiger partial charge on any atom is 0.0850 e. The Labute approximate surface area is 65.8 Å². The molecule has 0 amide bonds. The fourth-order valence-corrected chi connectivity index (χ4v) is 0.795. The SMILES string of the molecule is CC(C)n1cc(CCO)nn1. The summed E-state index contributed by atoms with van der Waals surface area (Å²) in [6.07, 6.45) is 2.45. The first-order chi connectivity index (χ1) is 5.24. The third kappa shape index (κ3) is 2.01. The van der Waals surface area contributed by atoms with Crippen molar-refractivity contribution in [2.45, 2.75) is 26.3 Å². The molecule has 0 saturated heterocycles. The van der Waals surface area contributed by atoms with Crippen LogP contribution < -0.4 is 0 Å². The maximum atomic E-state index is 8.59. The van der Waals surface area contributed by atoms with E-state index in [2.05, 4.69) is 10.3 Å². The molecular weight excluding hydrogens is 142 g/mol.